The highest BCUT2D eigenvalue weighted by molar-refractivity contribution is 5.45. The average molecular weight is 426 g/mol. The molecule has 0 amide bonds. The zero-order chi connectivity index (χ0) is 21.5. The first-order valence-corrected chi connectivity index (χ1v) is 11.6. The van der Waals surface area contributed by atoms with Crippen LogP contribution < -0.4 is 15.1 Å². The second-order valence-electron chi connectivity index (χ2n) is 8.14. The monoisotopic (exact) mass is 425 g/mol. The topological polar surface area (TPSA) is 69.7 Å². The molecule has 0 bridgehead atoms. The first-order valence-electron chi connectivity index (χ1n) is 11.6. The van der Waals surface area contributed by atoms with Crippen LogP contribution in [0.25, 0.3) is 0 Å². The highest BCUT2D eigenvalue weighted by atomic mass is 16.5. The molecule has 1 N–H and O–H groups in total. The third-order valence-corrected chi connectivity index (χ3v) is 6.26. The Hall–Kier alpha value is -2.45. The molecule has 0 radical (unpaired) electrons. The third-order valence-electron chi connectivity index (χ3n) is 6.26. The minimum atomic E-state index is 0.639. The van der Waals surface area contributed by atoms with Gasteiger partial charge in [-0.1, -0.05) is 30.3 Å². The summed E-state index contributed by atoms with van der Waals surface area (Å²) in [6.45, 7) is 12.5. The fourth-order valence-corrected chi connectivity index (χ4v) is 4.37. The second kappa shape index (κ2) is 10.7. The van der Waals surface area contributed by atoms with Crippen molar-refractivity contribution >= 4 is 17.8 Å². The van der Waals surface area contributed by atoms with E-state index in [0.29, 0.717) is 18.5 Å². The minimum absolute atomic E-state index is 0.639. The van der Waals surface area contributed by atoms with E-state index in [0.717, 1.165) is 77.2 Å². The lowest BCUT2D eigenvalue weighted by molar-refractivity contribution is 0.0114. The van der Waals surface area contributed by atoms with Gasteiger partial charge in [0.15, 0.2) is 0 Å². The molecular weight excluding hydrogens is 390 g/mol. The molecule has 1 aromatic carbocycles. The second-order valence-corrected chi connectivity index (χ2v) is 8.14. The van der Waals surface area contributed by atoms with E-state index in [1.165, 1.54) is 5.56 Å². The third kappa shape index (κ3) is 5.62. The van der Waals surface area contributed by atoms with Crippen molar-refractivity contribution in [3.63, 3.8) is 0 Å². The summed E-state index contributed by atoms with van der Waals surface area (Å²) in [5, 5.41) is 3.41. The van der Waals surface area contributed by atoms with Crippen LogP contribution >= 0.6 is 0 Å². The maximum atomic E-state index is 5.52. The van der Waals surface area contributed by atoms with Gasteiger partial charge in [-0.05, 0) is 32.3 Å². The van der Waals surface area contributed by atoms with Gasteiger partial charge in [0.05, 0.1) is 13.2 Å². The number of piperidine rings is 1. The molecule has 2 aliphatic heterocycles. The zero-order valence-electron chi connectivity index (χ0n) is 18.8. The molecular formula is C23H35N7O. The van der Waals surface area contributed by atoms with Crippen LogP contribution in [0.5, 0.6) is 0 Å². The SMILES string of the molecule is CCN(CC)c1nc(NCc2ccccc2)nc(N2CCC(N3CCOCC3)CC2)n1. The highest BCUT2D eigenvalue weighted by Crippen LogP contribution is 2.23. The van der Waals surface area contributed by atoms with Crippen molar-refractivity contribution in [2.75, 3.05) is 67.6 Å². The Balaban J connectivity index is 1.47. The van der Waals surface area contributed by atoms with Gasteiger partial charge in [-0.2, -0.15) is 15.0 Å². The van der Waals surface area contributed by atoms with Gasteiger partial charge in [0, 0.05) is 51.9 Å². The van der Waals surface area contributed by atoms with Crippen molar-refractivity contribution in [3.8, 4) is 0 Å². The fraction of sp³-hybridized carbons (Fsp3) is 0.609. The van der Waals surface area contributed by atoms with Gasteiger partial charge in [-0.15, -0.1) is 0 Å². The van der Waals surface area contributed by atoms with Gasteiger partial charge in [0.25, 0.3) is 0 Å². The van der Waals surface area contributed by atoms with Crippen LogP contribution in [0.3, 0.4) is 0 Å². The Labute approximate surface area is 185 Å². The first-order chi connectivity index (χ1) is 15.3. The Kier molecular flexibility index (Phi) is 7.53. The van der Waals surface area contributed by atoms with E-state index < -0.39 is 0 Å². The average Bonchev–Trinajstić information content (AvgIpc) is 2.85. The summed E-state index contributed by atoms with van der Waals surface area (Å²) in [5.74, 6) is 2.18. The number of morpholine rings is 1. The van der Waals surface area contributed by atoms with E-state index in [9.17, 15) is 0 Å². The number of nitrogens with one attached hydrogen (secondary N) is 1. The van der Waals surface area contributed by atoms with Gasteiger partial charge >= 0.3 is 0 Å². The first kappa shape index (κ1) is 21.8. The summed E-state index contributed by atoms with van der Waals surface area (Å²) in [7, 11) is 0. The lowest BCUT2D eigenvalue weighted by Crippen LogP contribution is -2.49. The number of ether oxygens (including phenoxy) is 1. The molecule has 0 saturated carbocycles. The molecule has 2 aliphatic rings. The molecule has 2 saturated heterocycles. The fourth-order valence-electron chi connectivity index (χ4n) is 4.37. The van der Waals surface area contributed by atoms with Crippen molar-refractivity contribution in [2.24, 2.45) is 0 Å². The lowest BCUT2D eigenvalue weighted by Gasteiger charge is -2.40. The van der Waals surface area contributed by atoms with Crippen molar-refractivity contribution < 1.29 is 4.74 Å². The molecule has 1 aromatic heterocycles. The Morgan fingerprint density at radius 2 is 1.68 bits per heavy atom. The highest BCUT2D eigenvalue weighted by Gasteiger charge is 2.27. The number of nitrogens with zero attached hydrogens (tertiary/aromatic N) is 6. The van der Waals surface area contributed by atoms with Gasteiger partial charge in [0.1, 0.15) is 0 Å². The predicted molar refractivity (Wildman–Crippen MR) is 125 cm³/mol. The standard InChI is InChI=1S/C23H35N7O/c1-3-28(4-2)22-25-21(24-18-19-8-6-5-7-9-19)26-23(27-22)30-12-10-20(11-13-30)29-14-16-31-17-15-29/h5-9,20H,3-4,10-18H2,1-2H3,(H,24,25,26,27). The van der Waals surface area contributed by atoms with E-state index in [1.54, 1.807) is 0 Å². The molecule has 168 valence electrons. The van der Waals surface area contributed by atoms with Gasteiger partial charge in [0.2, 0.25) is 17.8 Å². The molecule has 2 fully saturated rings. The molecule has 0 aliphatic carbocycles. The number of hydrogen-bond acceptors (Lipinski definition) is 8. The summed E-state index contributed by atoms with van der Waals surface area (Å²) in [6.07, 6.45) is 2.28. The van der Waals surface area contributed by atoms with Crippen LogP contribution in [0.15, 0.2) is 30.3 Å². The molecule has 8 nitrogen and oxygen atoms in total. The van der Waals surface area contributed by atoms with Crippen molar-refractivity contribution in [3.05, 3.63) is 35.9 Å². The van der Waals surface area contributed by atoms with Gasteiger partial charge in [-0.3, -0.25) is 4.90 Å². The summed E-state index contributed by atoms with van der Waals surface area (Å²) < 4.78 is 5.52. The van der Waals surface area contributed by atoms with E-state index in [-0.39, 0.29) is 0 Å². The lowest BCUT2D eigenvalue weighted by atomic mass is 10.0. The van der Waals surface area contributed by atoms with E-state index in [1.807, 2.05) is 6.07 Å². The molecule has 0 spiro atoms. The van der Waals surface area contributed by atoms with Crippen molar-refractivity contribution in [1.82, 2.24) is 19.9 Å². The molecule has 31 heavy (non-hydrogen) atoms. The Morgan fingerprint density at radius 1 is 0.968 bits per heavy atom. The van der Waals surface area contributed by atoms with Gasteiger partial charge in [-0.25, -0.2) is 0 Å². The van der Waals surface area contributed by atoms with Crippen LogP contribution in [0.1, 0.15) is 32.3 Å². The van der Waals surface area contributed by atoms with Gasteiger partial charge < -0.3 is 19.9 Å². The Morgan fingerprint density at radius 3 is 2.35 bits per heavy atom. The smallest absolute Gasteiger partial charge is 0.231 e. The summed E-state index contributed by atoms with van der Waals surface area (Å²) >= 11 is 0. The van der Waals surface area contributed by atoms with Crippen LogP contribution in [0.2, 0.25) is 0 Å². The summed E-state index contributed by atoms with van der Waals surface area (Å²) in [4.78, 5) is 21.4. The minimum Gasteiger partial charge on any atom is -0.379 e. The molecule has 3 heterocycles. The quantitative estimate of drug-likeness (QED) is 0.692. The largest absolute Gasteiger partial charge is 0.379 e. The Bertz CT molecular complexity index is 801. The molecule has 4 rings (SSSR count). The van der Waals surface area contributed by atoms with Crippen LogP contribution in [-0.4, -0.2) is 78.4 Å². The number of rotatable bonds is 8. The van der Waals surface area contributed by atoms with Crippen LogP contribution in [-0.2, 0) is 11.3 Å². The number of anilines is 3. The maximum Gasteiger partial charge on any atom is 0.231 e. The molecule has 0 atom stereocenters. The maximum absolute atomic E-state index is 5.52. The predicted octanol–water partition coefficient (Wildman–Crippen LogP) is 2.63. The number of benzene rings is 1. The zero-order valence-corrected chi connectivity index (χ0v) is 18.8. The van der Waals surface area contributed by atoms with Crippen LogP contribution in [0.4, 0.5) is 17.8 Å². The summed E-state index contributed by atoms with van der Waals surface area (Å²) in [6, 6.07) is 11.0. The van der Waals surface area contributed by atoms with E-state index in [2.05, 4.69) is 58.1 Å². The molecule has 8 heteroatoms. The van der Waals surface area contributed by atoms with E-state index >= 15 is 0 Å². The normalized spacial score (nSPS) is 18.2. The van der Waals surface area contributed by atoms with Crippen molar-refractivity contribution in [1.29, 1.82) is 0 Å². The molecule has 0 unspecified atom stereocenters. The molecule has 2 aromatic rings. The summed E-state index contributed by atoms with van der Waals surface area (Å²) in [5.41, 5.74) is 1.21. The van der Waals surface area contributed by atoms with E-state index in [4.69, 9.17) is 19.7 Å². The van der Waals surface area contributed by atoms with Crippen molar-refractivity contribution in [2.45, 2.75) is 39.3 Å². The number of aromatic nitrogens is 3. The van der Waals surface area contributed by atoms with Crippen LogP contribution in [0, 0.1) is 0 Å². The number of hydrogen-bond donors (Lipinski definition) is 1.